The van der Waals surface area contributed by atoms with Gasteiger partial charge in [0.15, 0.2) is 0 Å². The molecule has 1 saturated carbocycles. The molecule has 1 unspecified atom stereocenters. The van der Waals surface area contributed by atoms with Crippen LogP contribution in [0.15, 0.2) is 18.2 Å². The van der Waals surface area contributed by atoms with Crippen LogP contribution in [0, 0.1) is 6.92 Å². The number of rotatable bonds is 5. The second-order valence-corrected chi connectivity index (χ2v) is 6.39. The van der Waals surface area contributed by atoms with Crippen molar-refractivity contribution in [3.63, 3.8) is 0 Å². The first-order valence-corrected chi connectivity index (χ1v) is 8.04. The Hall–Kier alpha value is -1.55. The Morgan fingerprint density at radius 2 is 2.14 bits per heavy atom. The molecule has 2 fully saturated rings. The van der Waals surface area contributed by atoms with E-state index >= 15 is 0 Å². The van der Waals surface area contributed by atoms with Gasteiger partial charge in [-0.05, 0) is 50.7 Å². The highest BCUT2D eigenvalue weighted by molar-refractivity contribution is 5.84. The summed E-state index contributed by atoms with van der Waals surface area (Å²) < 4.78 is 0. The summed E-state index contributed by atoms with van der Waals surface area (Å²) >= 11 is 0. The molecule has 1 aromatic rings. The monoisotopic (exact) mass is 287 g/mol. The predicted molar refractivity (Wildman–Crippen MR) is 85.2 cm³/mol. The van der Waals surface area contributed by atoms with Crippen LogP contribution in [0.1, 0.15) is 43.2 Å². The van der Waals surface area contributed by atoms with Gasteiger partial charge in [-0.15, -0.1) is 0 Å². The van der Waals surface area contributed by atoms with Crippen molar-refractivity contribution in [3.05, 3.63) is 29.3 Å². The van der Waals surface area contributed by atoms with Crippen LogP contribution in [-0.4, -0.2) is 24.5 Å². The topological polar surface area (TPSA) is 58.4 Å². The molecule has 0 aromatic heterocycles. The molecule has 3 N–H and O–H groups in total. The van der Waals surface area contributed by atoms with E-state index in [9.17, 15) is 4.79 Å². The molecule has 1 aliphatic heterocycles. The van der Waals surface area contributed by atoms with Crippen molar-refractivity contribution >= 4 is 11.6 Å². The smallest absolute Gasteiger partial charge is 0.240 e. The summed E-state index contributed by atoms with van der Waals surface area (Å²) in [5.74, 6) is -0.198. The van der Waals surface area contributed by atoms with Gasteiger partial charge in [-0.1, -0.05) is 17.7 Å². The third kappa shape index (κ3) is 3.38. The Morgan fingerprint density at radius 3 is 2.86 bits per heavy atom. The van der Waals surface area contributed by atoms with Crippen molar-refractivity contribution < 1.29 is 4.79 Å². The Bertz CT molecular complexity index is 525. The number of hydrogen-bond donors (Lipinski definition) is 2. The minimum Gasteiger partial charge on any atom is -0.368 e. The molecule has 1 aromatic carbocycles. The quantitative estimate of drug-likeness (QED) is 0.872. The number of anilines is 1. The number of amides is 1. The van der Waals surface area contributed by atoms with Crippen LogP contribution in [0.2, 0.25) is 0 Å². The van der Waals surface area contributed by atoms with E-state index in [1.807, 2.05) is 0 Å². The molecule has 3 rings (SSSR count). The van der Waals surface area contributed by atoms with E-state index in [0.29, 0.717) is 6.04 Å². The van der Waals surface area contributed by atoms with E-state index in [0.717, 1.165) is 32.4 Å². The van der Waals surface area contributed by atoms with Crippen molar-refractivity contribution in [2.24, 2.45) is 5.73 Å². The fourth-order valence-corrected chi connectivity index (χ4v) is 3.19. The normalized spacial score (nSPS) is 22.3. The minimum atomic E-state index is -0.198. The summed E-state index contributed by atoms with van der Waals surface area (Å²) in [6.45, 7) is 3.92. The summed E-state index contributed by atoms with van der Waals surface area (Å²) in [4.78, 5) is 14.0. The molecular formula is C17H25N3O. The lowest BCUT2D eigenvalue weighted by molar-refractivity contribution is -0.119. The summed E-state index contributed by atoms with van der Waals surface area (Å²) in [6, 6.07) is 7.05. The van der Waals surface area contributed by atoms with E-state index in [-0.39, 0.29) is 11.9 Å². The predicted octanol–water partition coefficient (Wildman–Crippen LogP) is 2.09. The van der Waals surface area contributed by atoms with Gasteiger partial charge < -0.3 is 16.0 Å². The van der Waals surface area contributed by atoms with Crippen LogP contribution >= 0.6 is 0 Å². The highest BCUT2D eigenvalue weighted by Crippen LogP contribution is 2.29. The van der Waals surface area contributed by atoms with Crippen LogP contribution in [-0.2, 0) is 11.3 Å². The lowest BCUT2D eigenvalue weighted by atomic mass is 9.98. The third-order valence-corrected chi connectivity index (χ3v) is 4.53. The van der Waals surface area contributed by atoms with Crippen LogP contribution in [0.5, 0.6) is 0 Å². The second kappa shape index (κ2) is 6.06. The number of nitrogens with one attached hydrogen (secondary N) is 1. The van der Waals surface area contributed by atoms with E-state index in [1.54, 1.807) is 0 Å². The highest BCUT2D eigenvalue weighted by Gasteiger charge is 2.29. The maximum absolute atomic E-state index is 11.8. The zero-order chi connectivity index (χ0) is 14.8. The number of nitrogens with zero attached hydrogens (tertiary/aromatic N) is 1. The first kappa shape index (κ1) is 14.4. The summed E-state index contributed by atoms with van der Waals surface area (Å²) in [6.07, 6.45) is 5.67. The summed E-state index contributed by atoms with van der Waals surface area (Å²) in [5, 5.41) is 3.58. The molecule has 2 aliphatic rings. The Morgan fingerprint density at radius 1 is 1.33 bits per heavy atom. The molecule has 1 amide bonds. The van der Waals surface area contributed by atoms with E-state index in [1.165, 1.54) is 29.7 Å². The van der Waals surface area contributed by atoms with E-state index in [4.69, 9.17) is 5.73 Å². The number of carbonyl (C=O) groups excluding carboxylic acids is 1. The Kier molecular flexibility index (Phi) is 4.15. The molecule has 21 heavy (non-hydrogen) atoms. The van der Waals surface area contributed by atoms with Crippen LogP contribution in [0.25, 0.3) is 0 Å². The lowest BCUT2D eigenvalue weighted by Gasteiger charge is -2.37. The van der Waals surface area contributed by atoms with Gasteiger partial charge in [-0.3, -0.25) is 4.79 Å². The number of piperidine rings is 1. The summed E-state index contributed by atoms with van der Waals surface area (Å²) in [5.41, 5.74) is 9.34. The zero-order valence-corrected chi connectivity index (χ0v) is 12.8. The third-order valence-electron chi connectivity index (χ3n) is 4.53. The second-order valence-electron chi connectivity index (χ2n) is 6.39. The maximum atomic E-state index is 11.8. The number of aryl methyl sites for hydroxylation is 1. The van der Waals surface area contributed by atoms with Gasteiger partial charge in [0, 0.05) is 24.8 Å². The summed E-state index contributed by atoms with van der Waals surface area (Å²) in [7, 11) is 0. The lowest BCUT2D eigenvalue weighted by Crippen LogP contribution is -2.48. The van der Waals surface area contributed by atoms with Crippen molar-refractivity contribution in [2.45, 2.75) is 57.7 Å². The molecule has 1 atom stereocenters. The van der Waals surface area contributed by atoms with Gasteiger partial charge in [0.1, 0.15) is 6.04 Å². The van der Waals surface area contributed by atoms with Crippen LogP contribution < -0.4 is 16.0 Å². The number of carbonyl (C=O) groups is 1. The van der Waals surface area contributed by atoms with Crippen LogP contribution in [0.3, 0.4) is 0 Å². The van der Waals surface area contributed by atoms with Gasteiger partial charge >= 0.3 is 0 Å². The molecule has 4 heteroatoms. The average molecular weight is 287 g/mol. The van der Waals surface area contributed by atoms with Crippen molar-refractivity contribution in [3.8, 4) is 0 Å². The van der Waals surface area contributed by atoms with E-state index in [2.05, 4.69) is 35.3 Å². The number of benzene rings is 1. The number of nitrogens with two attached hydrogens (primary N) is 1. The van der Waals surface area contributed by atoms with Gasteiger partial charge in [-0.25, -0.2) is 0 Å². The van der Waals surface area contributed by atoms with Gasteiger partial charge in [0.05, 0.1) is 0 Å². The van der Waals surface area contributed by atoms with Crippen molar-refractivity contribution in [1.29, 1.82) is 0 Å². The SMILES string of the molecule is Cc1ccc(N2CCCCC2C(N)=O)c(CNC2CC2)c1. The average Bonchev–Trinajstić information content (AvgIpc) is 3.29. The van der Waals surface area contributed by atoms with Crippen LogP contribution in [0.4, 0.5) is 5.69 Å². The van der Waals surface area contributed by atoms with Crippen molar-refractivity contribution in [2.75, 3.05) is 11.4 Å². The molecular weight excluding hydrogens is 262 g/mol. The first-order chi connectivity index (χ1) is 10.1. The molecule has 0 radical (unpaired) electrons. The highest BCUT2D eigenvalue weighted by atomic mass is 16.1. The van der Waals surface area contributed by atoms with Gasteiger partial charge in [0.25, 0.3) is 0 Å². The van der Waals surface area contributed by atoms with Gasteiger partial charge in [-0.2, -0.15) is 0 Å². The fraction of sp³-hybridized carbons (Fsp3) is 0.588. The Labute approximate surface area is 126 Å². The fourth-order valence-electron chi connectivity index (χ4n) is 3.19. The number of primary amides is 1. The van der Waals surface area contributed by atoms with Gasteiger partial charge in [0.2, 0.25) is 5.91 Å². The zero-order valence-electron chi connectivity index (χ0n) is 12.8. The largest absolute Gasteiger partial charge is 0.368 e. The van der Waals surface area contributed by atoms with E-state index < -0.39 is 0 Å². The molecule has 114 valence electrons. The molecule has 0 spiro atoms. The molecule has 1 aliphatic carbocycles. The molecule has 4 nitrogen and oxygen atoms in total. The molecule has 1 saturated heterocycles. The maximum Gasteiger partial charge on any atom is 0.240 e. The first-order valence-electron chi connectivity index (χ1n) is 8.04. The number of hydrogen-bond acceptors (Lipinski definition) is 3. The molecule has 0 bridgehead atoms. The minimum absolute atomic E-state index is 0.152. The van der Waals surface area contributed by atoms with Crippen molar-refractivity contribution in [1.82, 2.24) is 5.32 Å². The standard InChI is InChI=1S/C17H25N3O/c1-12-5-8-15(13(10-12)11-19-14-6-7-14)20-9-3-2-4-16(20)17(18)21/h5,8,10,14,16,19H,2-4,6-7,9,11H2,1H3,(H2,18,21). The Balaban J connectivity index is 1.85. The molecule has 1 heterocycles.